The Kier molecular flexibility index (Phi) is 2.45. The van der Waals surface area contributed by atoms with Crippen LogP contribution in [0.5, 0.6) is 0 Å². The normalized spacial score (nSPS) is 10.6. The van der Waals surface area contributed by atoms with Gasteiger partial charge in [-0.1, -0.05) is 23.8 Å². The summed E-state index contributed by atoms with van der Waals surface area (Å²) in [5.74, 6) is 0.667. The summed E-state index contributed by atoms with van der Waals surface area (Å²) in [6, 6.07) is 12.0. The molecule has 0 saturated heterocycles. The molecule has 0 radical (unpaired) electrons. The molecule has 4 nitrogen and oxygen atoms in total. The molecule has 0 unspecified atom stereocenters. The minimum absolute atomic E-state index is 0.667. The van der Waals surface area contributed by atoms with Gasteiger partial charge in [0.15, 0.2) is 0 Å². The highest BCUT2D eigenvalue weighted by Gasteiger charge is 2.07. The molecule has 0 spiro atoms. The summed E-state index contributed by atoms with van der Waals surface area (Å²) in [6.45, 7) is 2.05. The van der Waals surface area contributed by atoms with Crippen LogP contribution < -0.4 is 0 Å². The van der Waals surface area contributed by atoms with Crippen LogP contribution in [0.2, 0.25) is 0 Å². The van der Waals surface area contributed by atoms with E-state index in [1.165, 1.54) is 5.56 Å². The van der Waals surface area contributed by atoms with Gasteiger partial charge in [-0.2, -0.15) is 0 Å². The predicted molar refractivity (Wildman–Crippen MR) is 67.2 cm³/mol. The number of nitrogens with zero attached hydrogens (tertiary/aromatic N) is 4. The van der Waals surface area contributed by atoms with E-state index in [2.05, 4.69) is 22.3 Å². The van der Waals surface area contributed by atoms with Crippen LogP contribution in [0.1, 0.15) is 5.56 Å². The number of rotatable bonds is 2. The van der Waals surface area contributed by atoms with E-state index in [-0.39, 0.29) is 0 Å². The average Bonchev–Trinajstić information content (AvgIpc) is 3.00. The third kappa shape index (κ3) is 1.97. The van der Waals surface area contributed by atoms with E-state index in [4.69, 9.17) is 0 Å². The van der Waals surface area contributed by atoms with Gasteiger partial charge in [-0.15, -0.1) is 26.3 Å². The van der Waals surface area contributed by atoms with Crippen molar-refractivity contribution in [2.24, 2.45) is 0 Å². The Bertz CT molecular complexity index is 610. The van der Waals surface area contributed by atoms with E-state index < -0.39 is 0 Å². The number of hydrogen-bond acceptors (Lipinski definition) is 4. The minimum atomic E-state index is 0.667. The van der Waals surface area contributed by atoms with Crippen molar-refractivity contribution in [1.29, 1.82) is 0 Å². The SMILES string of the molecule is Cc1ccc(-n2nnc(-c3cccs3)n2)cc1. The van der Waals surface area contributed by atoms with Gasteiger partial charge in [0.2, 0.25) is 5.82 Å². The van der Waals surface area contributed by atoms with Gasteiger partial charge in [-0.3, -0.25) is 0 Å². The summed E-state index contributed by atoms with van der Waals surface area (Å²) in [6.07, 6.45) is 0. The fourth-order valence-electron chi connectivity index (χ4n) is 1.51. The summed E-state index contributed by atoms with van der Waals surface area (Å²) >= 11 is 1.61. The van der Waals surface area contributed by atoms with E-state index >= 15 is 0 Å². The molecule has 0 aliphatic carbocycles. The zero-order valence-electron chi connectivity index (χ0n) is 9.24. The van der Waals surface area contributed by atoms with Crippen molar-refractivity contribution >= 4 is 11.3 Å². The van der Waals surface area contributed by atoms with Crippen molar-refractivity contribution < 1.29 is 0 Å². The van der Waals surface area contributed by atoms with Crippen molar-refractivity contribution in [2.75, 3.05) is 0 Å². The number of aryl methyl sites for hydroxylation is 1. The first kappa shape index (κ1) is 10.2. The van der Waals surface area contributed by atoms with Crippen LogP contribution in [-0.2, 0) is 0 Å². The highest BCUT2D eigenvalue weighted by molar-refractivity contribution is 7.13. The lowest BCUT2D eigenvalue weighted by atomic mass is 10.2. The Balaban J connectivity index is 1.98. The zero-order valence-corrected chi connectivity index (χ0v) is 10.1. The Labute approximate surface area is 103 Å². The van der Waals surface area contributed by atoms with Gasteiger partial charge in [0.25, 0.3) is 0 Å². The fraction of sp³-hybridized carbons (Fsp3) is 0.0833. The molecule has 0 aliphatic heterocycles. The monoisotopic (exact) mass is 242 g/mol. The number of benzene rings is 1. The molecule has 0 fully saturated rings. The third-order valence-corrected chi connectivity index (χ3v) is 3.29. The maximum absolute atomic E-state index is 4.36. The Morgan fingerprint density at radius 3 is 2.65 bits per heavy atom. The molecule has 0 bridgehead atoms. The van der Waals surface area contributed by atoms with Crippen LogP contribution in [0.25, 0.3) is 16.4 Å². The molecule has 3 aromatic rings. The first-order chi connectivity index (χ1) is 8.33. The summed E-state index contributed by atoms with van der Waals surface area (Å²) in [7, 11) is 0. The number of tetrazole rings is 1. The van der Waals surface area contributed by atoms with E-state index in [0.29, 0.717) is 5.82 Å². The van der Waals surface area contributed by atoms with Crippen molar-refractivity contribution in [2.45, 2.75) is 6.92 Å². The number of aromatic nitrogens is 4. The van der Waals surface area contributed by atoms with Crippen molar-refractivity contribution in [3.63, 3.8) is 0 Å². The lowest BCUT2D eigenvalue weighted by molar-refractivity contribution is 0.720. The standard InChI is InChI=1S/C12H10N4S/c1-9-4-6-10(7-5-9)16-14-12(13-15-16)11-3-2-8-17-11/h2-8H,1H3. The molecule has 1 aromatic carbocycles. The molecule has 5 heteroatoms. The van der Waals surface area contributed by atoms with Gasteiger partial charge in [0, 0.05) is 0 Å². The summed E-state index contributed by atoms with van der Waals surface area (Å²) in [5, 5.41) is 14.5. The maximum Gasteiger partial charge on any atom is 0.215 e. The summed E-state index contributed by atoms with van der Waals surface area (Å²) in [5.41, 5.74) is 2.14. The molecule has 2 heterocycles. The largest absolute Gasteiger partial charge is 0.215 e. The second-order valence-corrected chi connectivity index (χ2v) is 4.66. The molecule has 0 amide bonds. The van der Waals surface area contributed by atoms with Gasteiger partial charge < -0.3 is 0 Å². The van der Waals surface area contributed by atoms with Gasteiger partial charge in [-0.25, -0.2) is 0 Å². The molecule has 0 saturated carbocycles. The third-order valence-electron chi connectivity index (χ3n) is 2.42. The second kappa shape index (κ2) is 4.10. The van der Waals surface area contributed by atoms with Crippen LogP contribution in [0.3, 0.4) is 0 Å². The Morgan fingerprint density at radius 2 is 1.94 bits per heavy atom. The first-order valence-corrected chi connectivity index (χ1v) is 6.12. The molecular formula is C12H10N4S. The first-order valence-electron chi connectivity index (χ1n) is 5.24. The predicted octanol–water partition coefficient (Wildman–Crippen LogP) is 2.70. The smallest absolute Gasteiger partial charge is 0.140 e. The average molecular weight is 242 g/mol. The highest BCUT2D eigenvalue weighted by Crippen LogP contribution is 2.20. The molecule has 0 aliphatic rings. The van der Waals surface area contributed by atoms with Crippen molar-refractivity contribution in [3.8, 4) is 16.4 Å². The quantitative estimate of drug-likeness (QED) is 0.694. The lowest BCUT2D eigenvalue weighted by Gasteiger charge is -1.97. The minimum Gasteiger partial charge on any atom is -0.140 e. The second-order valence-electron chi connectivity index (χ2n) is 3.72. The molecular weight excluding hydrogens is 232 g/mol. The molecule has 0 atom stereocenters. The zero-order chi connectivity index (χ0) is 11.7. The van der Waals surface area contributed by atoms with Crippen LogP contribution in [0.4, 0.5) is 0 Å². The van der Waals surface area contributed by atoms with Gasteiger partial charge in [0.05, 0.1) is 10.6 Å². The van der Waals surface area contributed by atoms with Crippen LogP contribution in [0, 0.1) is 6.92 Å². The highest BCUT2D eigenvalue weighted by atomic mass is 32.1. The van der Waals surface area contributed by atoms with E-state index in [1.807, 2.05) is 41.8 Å². The summed E-state index contributed by atoms with van der Waals surface area (Å²) in [4.78, 5) is 2.58. The van der Waals surface area contributed by atoms with Crippen LogP contribution >= 0.6 is 11.3 Å². The molecule has 17 heavy (non-hydrogen) atoms. The van der Waals surface area contributed by atoms with Crippen molar-refractivity contribution in [1.82, 2.24) is 20.2 Å². The molecule has 0 N–H and O–H groups in total. The lowest BCUT2D eigenvalue weighted by Crippen LogP contribution is -1.98. The topological polar surface area (TPSA) is 43.6 Å². The van der Waals surface area contributed by atoms with Crippen molar-refractivity contribution in [3.05, 3.63) is 47.3 Å². The maximum atomic E-state index is 4.36. The fourth-order valence-corrected chi connectivity index (χ4v) is 2.15. The molecule has 84 valence electrons. The Morgan fingerprint density at radius 1 is 1.12 bits per heavy atom. The molecule has 3 rings (SSSR count). The van der Waals surface area contributed by atoms with Crippen LogP contribution in [0.15, 0.2) is 41.8 Å². The summed E-state index contributed by atoms with van der Waals surface area (Å²) < 4.78 is 0. The van der Waals surface area contributed by atoms with Gasteiger partial charge in [-0.05, 0) is 35.7 Å². The number of hydrogen-bond donors (Lipinski definition) is 0. The molecule has 2 aromatic heterocycles. The van der Waals surface area contributed by atoms with E-state index in [0.717, 1.165) is 10.6 Å². The van der Waals surface area contributed by atoms with Gasteiger partial charge >= 0.3 is 0 Å². The van der Waals surface area contributed by atoms with Gasteiger partial charge in [0.1, 0.15) is 0 Å². The van der Waals surface area contributed by atoms with E-state index in [1.54, 1.807) is 16.1 Å². The number of thiophene rings is 1. The Hall–Kier alpha value is -2.01. The van der Waals surface area contributed by atoms with Crippen LogP contribution in [-0.4, -0.2) is 20.2 Å². The van der Waals surface area contributed by atoms with E-state index in [9.17, 15) is 0 Å².